The third kappa shape index (κ3) is 5.44. The maximum Gasteiger partial charge on any atom is 0.161 e. The first-order valence-electron chi connectivity index (χ1n) is 12.0. The van der Waals surface area contributed by atoms with Gasteiger partial charge < -0.3 is 19.3 Å². The number of ether oxygens (including phenoxy) is 2. The molecule has 0 heterocycles. The highest BCUT2D eigenvalue weighted by Gasteiger charge is 2.20. The Morgan fingerprint density at radius 3 is 1.30 bits per heavy atom. The Labute approximate surface area is 199 Å². The van der Waals surface area contributed by atoms with Gasteiger partial charge in [0.05, 0.1) is 14.2 Å². The van der Waals surface area contributed by atoms with E-state index in [1.54, 1.807) is 14.2 Å². The molecule has 0 fully saturated rings. The molecule has 0 aliphatic heterocycles. The molecule has 3 aromatic carbocycles. The van der Waals surface area contributed by atoms with Crippen LogP contribution in [0.5, 0.6) is 11.5 Å². The molecule has 0 N–H and O–H groups in total. The lowest BCUT2D eigenvalue weighted by atomic mass is 9.84. The van der Waals surface area contributed by atoms with Crippen molar-refractivity contribution < 1.29 is 9.47 Å². The van der Waals surface area contributed by atoms with Gasteiger partial charge in [0.15, 0.2) is 11.5 Å². The Hall–Kier alpha value is -3.14. The molecule has 0 saturated heterocycles. The van der Waals surface area contributed by atoms with Crippen molar-refractivity contribution in [1.82, 2.24) is 0 Å². The van der Waals surface area contributed by atoms with Crippen molar-refractivity contribution >= 4 is 11.4 Å². The molecule has 0 radical (unpaired) electrons. The van der Waals surface area contributed by atoms with Gasteiger partial charge in [0.2, 0.25) is 0 Å². The molecule has 0 bridgehead atoms. The van der Waals surface area contributed by atoms with Crippen LogP contribution in [0, 0.1) is 0 Å². The van der Waals surface area contributed by atoms with Gasteiger partial charge in [-0.05, 0) is 80.8 Å². The minimum Gasteiger partial charge on any atom is -0.493 e. The lowest BCUT2D eigenvalue weighted by Crippen LogP contribution is -2.21. The smallest absolute Gasteiger partial charge is 0.161 e. The van der Waals surface area contributed by atoms with E-state index >= 15 is 0 Å². The standard InChI is InChI=1S/C29H38N2O2/c1-7-30(8-2)25-16-11-22(12-17-25)29(24-15-20-27(32-5)28(21-24)33-6)23-13-18-26(19-14-23)31(9-3)10-4/h11-21,29H,7-10H2,1-6H3. The maximum absolute atomic E-state index is 5.62. The highest BCUT2D eigenvalue weighted by atomic mass is 16.5. The van der Waals surface area contributed by atoms with Crippen LogP contribution < -0.4 is 19.3 Å². The second-order valence-corrected chi connectivity index (χ2v) is 8.08. The second-order valence-electron chi connectivity index (χ2n) is 8.08. The number of hydrogen-bond acceptors (Lipinski definition) is 4. The van der Waals surface area contributed by atoms with Gasteiger partial charge in [-0.1, -0.05) is 30.3 Å². The molecule has 0 aliphatic carbocycles. The molecule has 0 saturated carbocycles. The van der Waals surface area contributed by atoms with E-state index in [1.807, 2.05) is 6.07 Å². The summed E-state index contributed by atoms with van der Waals surface area (Å²) >= 11 is 0. The van der Waals surface area contributed by atoms with Crippen LogP contribution >= 0.6 is 0 Å². The summed E-state index contributed by atoms with van der Waals surface area (Å²) in [6.45, 7) is 12.8. The summed E-state index contributed by atoms with van der Waals surface area (Å²) < 4.78 is 11.1. The number of anilines is 2. The average Bonchev–Trinajstić information content (AvgIpc) is 2.87. The molecule has 0 unspecified atom stereocenters. The van der Waals surface area contributed by atoms with Crippen LogP contribution in [0.4, 0.5) is 11.4 Å². The number of benzene rings is 3. The molecule has 0 atom stereocenters. The van der Waals surface area contributed by atoms with E-state index < -0.39 is 0 Å². The van der Waals surface area contributed by atoms with Gasteiger partial charge in [0, 0.05) is 43.5 Å². The Morgan fingerprint density at radius 2 is 0.939 bits per heavy atom. The van der Waals surface area contributed by atoms with E-state index in [9.17, 15) is 0 Å². The van der Waals surface area contributed by atoms with Crippen molar-refractivity contribution in [1.29, 1.82) is 0 Å². The van der Waals surface area contributed by atoms with Crippen LogP contribution in [-0.4, -0.2) is 40.4 Å². The molecule has 4 heteroatoms. The van der Waals surface area contributed by atoms with Gasteiger partial charge in [-0.3, -0.25) is 0 Å². The third-order valence-electron chi connectivity index (χ3n) is 6.45. The maximum atomic E-state index is 5.62. The number of nitrogens with zero attached hydrogens (tertiary/aromatic N) is 2. The molecule has 3 aromatic rings. The summed E-state index contributed by atoms with van der Waals surface area (Å²) in [7, 11) is 3.36. The number of hydrogen-bond donors (Lipinski definition) is 0. The lowest BCUT2D eigenvalue weighted by molar-refractivity contribution is 0.354. The molecule has 4 nitrogen and oxygen atoms in total. The molecule has 0 spiro atoms. The number of methoxy groups -OCH3 is 2. The van der Waals surface area contributed by atoms with E-state index in [-0.39, 0.29) is 5.92 Å². The average molecular weight is 447 g/mol. The first-order valence-corrected chi connectivity index (χ1v) is 12.0. The summed E-state index contributed by atoms with van der Waals surface area (Å²) in [6.07, 6.45) is 0. The predicted molar refractivity (Wildman–Crippen MR) is 140 cm³/mol. The summed E-state index contributed by atoms with van der Waals surface area (Å²) in [5.74, 6) is 1.59. The molecule has 0 amide bonds. The largest absolute Gasteiger partial charge is 0.493 e. The fourth-order valence-electron chi connectivity index (χ4n) is 4.54. The fraction of sp³-hybridized carbons (Fsp3) is 0.379. The normalized spacial score (nSPS) is 10.9. The minimum absolute atomic E-state index is 0.0984. The zero-order valence-electron chi connectivity index (χ0n) is 21.0. The van der Waals surface area contributed by atoms with Crippen LogP contribution in [0.1, 0.15) is 50.3 Å². The van der Waals surface area contributed by atoms with Crippen molar-refractivity contribution in [3.8, 4) is 11.5 Å². The Balaban J connectivity index is 2.07. The molecule has 3 rings (SSSR count). The van der Waals surface area contributed by atoms with Crippen molar-refractivity contribution in [2.75, 3.05) is 50.2 Å². The van der Waals surface area contributed by atoms with Gasteiger partial charge in [0.25, 0.3) is 0 Å². The predicted octanol–water partition coefficient (Wildman–Crippen LogP) is 6.58. The zero-order chi connectivity index (χ0) is 23.8. The van der Waals surface area contributed by atoms with Gasteiger partial charge in [-0.25, -0.2) is 0 Å². The van der Waals surface area contributed by atoms with E-state index in [2.05, 4.69) is 98.2 Å². The van der Waals surface area contributed by atoms with Gasteiger partial charge in [-0.2, -0.15) is 0 Å². The van der Waals surface area contributed by atoms with Crippen LogP contribution in [-0.2, 0) is 0 Å². The molecule has 0 aliphatic rings. The van der Waals surface area contributed by atoms with Gasteiger partial charge >= 0.3 is 0 Å². The Kier molecular flexibility index (Phi) is 8.65. The Morgan fingerprint density at radius 1 is 0.545 bits per heavy atom. The lowest BCUT2D eigenvalue weighted by Gasteiger charge is -2.25. The summed E-state index contributed by atoms with van der Waals surface area (Å²) in [5, 5.41) is 0. The van der Waals surface area contributed by atoms with E-state index in [4.69, 9.17) is 9.47 Å². The topological polar surface area (TPSA) is 24.9 Å². The first kappa shape index (κ1) is 24.5. The molecular formula is C29H38N2O2. The minimum atomic E-state index is 0.0984. The molecule has 33 heavy (non-hydrogen) atoms. The van der Waals surface area contributed by atoms with Crippen LogP contribution in [0.15, 0.2) is 66.7 Å². The van der Waals surface area contributed by atoms with Crippen LogP contribution in [0.2, 0.25) is 0 Å². The SMILES string of the molecule is CCN(CC)c1ccc(C(c2ccc(N(CC)CC)cc2)c2ccc(OC)c(OC)c2)cc1. The molecule has 176 valence electrons. The fourth-order valence-corrected chi connectivity index (χ4v) is 4.54. The van der Waals surface area contributed by atoms with Crippen molar-refractivity contribution in [3.63, 3.8) is 0 Å². The highest BCUT2D eigenvalue weighted by Crippen LogP contribution is 2.38. The van der Waals surface area contributed by atoms with Gasteiger partial charge in [0.1, 0.15) is 0 Å². The monoisotopic (exact) mass is 446 g/mol. The second kappa shape index (κ2) is 11.6. The molecule has 0 aromatic heterocycles. The number of rotatable bonds is 11. The van der Waals surface area contributed by atoms with E-state index in [1.165, 1.54) is 28.1 Å². The van der Waals surface area contributed by atoms with Gasteiger partial charge in [-0.15, -0.1) is 0 Å². The van der Waals surface area contributed by atoms with Crippen molar-refractivity contribution in [2.45, 2.75) is 33.6 Å². The first-order chi connectivity index (χ1) is 16.1. The summed E-state index contributed by atoms with van der Waals surface area (Å²) in [6, 6.07) is 24.2. The van der Waals surface area contributed by atoms with Crippen molar-refractivity contribution in [2.24, 2.45) is 0 Å². The Bertz CT molecular complexity index is 936. The van der Waals surface area contributed by atoms with E-state index in [0.29, 0.717) is 0 Å². The van der Waals surface area contributed by atoms with E-state index in [0.717, 1.165) is 37.7 Å². The third-order valence-corrected chi connectivity index (χ3v) is 6.45. The quantitative estimate of drug-likeness (QED) is 0.311. The van der Waals surface area contributed by atoms with Crippen molar-refractivity contribution in [3.05, 3.63) is 83.4 Å². The molecular weight excluding hydrogens is 408 g/mol. The van der Waals surface area contributed by atoms with Crippen LogP contribution in [0.25, 0.3) is 0 Å². The highest BCUT2D eigenvalue weighted by molar-refractivity contribution is 5.55. The summed E-state index contributed by atoms with van der Waals surface area (Å²) in [5.41, 5.74) is 6.21. The van der Waals surface area contributed by atoms with Crippen LogP contribution in [0.3, 0.4) is 0 Å². The zero-order valence-corrected chi connectivity index (χ0v) is 21.0. The summed E-state index contributed by atoms with van der Waals surface area (Å²) in [4.78, 5) is 4.74.